The summed E-state index contributed by atoms with van der Waals surface area (Å²) < 4.78 is 6.59. The molecule has 2 rings (SSSR count). The van der Waals surface area contributed by atoms with Crippen molar-refractivity contribution in [1.29, 1.82) is 0 Å². The Kier molecular flexibility index (Phi) is 4.48. The Morgan fingerprint density at radius 2 is 1.82 bits per heavy atom. The third kappa shape index (κ3) is 3.45. The van der Waals surface area contributed by atoms with E-state index in [2.05, 4.69) is 19.2 Å². The lowest BCUT2D eigenvalue weighted by Crippen LogP contribution is -2.59. The van der Waals surface area contributed by atoms with Crippen LogP contribution in [0.4, 0.5) is 0 Å². The first-order valence-electron chi connectivity index (χ1n) is 7.59. The Morgan fingerprint density at radius 1 is 1.06 bits per heavy atom. The molecule has 0 radical (unpaired) electrons. The molecule has 1 aliphatic heterocycles. The van der Waals surface area contributed by atoms with Crippen molar-refractivity contribution in [2.75, 3.05) is 13.1 Å². The number of hydrogen-bond donors (Lipinski definition) is 1. The fourth-order valence-electron chi connectivity index (χ4n) is 3.51. The molecule has 100 valence electrons. The molecule has 1 N–H and O–H groups in total. The highest BCUT2D eigenvalue weighted by molar-refractivity contribution is 4.96. The lowest BCUT2D eigenvalue weighted by molar-refractivity contribution is -0.186. The number of rotatable bonds is 4. The molecule has 0 bridgehead atoms. The van der Waals surface area contributed by atoms with Gasteiger partial charge in [-0.15, -0.1) is 0 Å². The van der Waals surface area contributed by atoms with Crippen LogP contribution in [-0.2, 0) is 4.74 Å². The lowest BCUT2D eigenvalue weighted by Gasteiger charge is -2.49. The minimum Gasteiger partial charge on any atom is -0.366 e. The molecule has 1 saturated carbocycles. The van der Waals surface area contributed by atoms with Gasteiger partial charge in [-0.05, 0) is 26.2 Å². The smallest absolute Gasteiger partial charge is 0.0814 e. The summed E-state index contributed by atoms with van der Waals surface area (Å²) in [6.45, 7) is 6.70. The van der Waals surface area contributed by atoms with Crippen LogP contribution in [0.1, 0.15) is 71.6 Å². The monoisotopic (exact) mass is 239 g/mol. The quantitative estimate of drug-likeness (QED) is 0.756. The molecule has 2 nitrogen and oxygen atoms in total. The zero-order valence-electron chi connectivity index (χ0n) is 11.7. The molecule has 0 aromatic rings. The van der Waals surface area contributed by atoms with Gasteiger partial charge in [0.25, 0.3) is 0 Å². The molecule has 1 spiro atoms. The van der Waals surface area contributed by atoms with E-state index in [1.165, 1.54) is 57.8 Å². The van der Waals surface area contributed by atoms with Crippen LogP contribution in [0, 0.1) is 0 Å². The summed E-state index contributed by atoms with van der Waals surface area (Å²) in [7, 11) is 0. The van der Waals surface area contributed by atoms with Crippen LogP contribution in [0.5, 0.6) is 0 Å². The number of unbranched alkanes of at least 4 members (excludes halogenated alkanes) is 2. The third-order valence-corrected chi connectivity index (χ3v) is 4.48. The molecule has 2 aliphatic rings. The zero-order valence-corrected chi connectivity index (χ0v) is 11.7. The average molecular weight is 239 g/mol. The number of ether oxygens (including phenoxy) is 1. The molecule has 1 heterocycles. The van der Waals surface area contributed by atoms with Crippen molar-refractivity contribution in [2.45, 2.75) is 82.8 Å². The molecule has 1 aliphatic carbocycles. The highest BCUT2D eigenvalue weighted by atomic mass is 16.5. The van der Waals surface area contributed by atoms with Gasteiger partial charge in [-0.2, -0.15) is 0 Å². The SMILES string of the molecule is CCCCCC1(C)CNCC2(CCCCC2)O1. The molecular formula is C15H29NO. The first-order chi connectivity index (χ1) is 8.18. The summed E-state index contributed by atoms with van der Waals surface area (Å²) >= 11 is 0. The summed E-state index contributed by atoms with van der Waals surface area (Å²) in [5, 5.41) is 3.64. The van der Waals surface area contributed by atoms with Gasteiger partial charge in [-0.25, -0.2) is 0 Å². The zero-order chi connectivity index (χ0) is 12.2. The minimum atomic E-state index is 0.0881. The molecule has 17 heavy (non-hydrogen) atoms. The van der Waals surface area contributed by atoms with E-state index in [1.807, 2.05) is 0 Å². The van der Waals surface area contributed by atoms with Crippen molar-refractivity contribution in [3.63, 3.8) is 0 Å². The van der Waals surface area contributed by atoms with E-state index < -0.39 is 0 Å². The predicted molar refractivity (Wildman–Crippen MR) is 72.3 cm³/mol. The Morgan fingerprint density at radius 3 is 2.53 bits per heavy atom. The van der Waals surface area contributed by atoms with E-state index in [0.717, 1.165) is 13.1 Å². The first kappa shape index (κ1) is 13.4. The lowest BCUT2D eigenvalue weighted by atomic mass is 9.81. The van der Waals surface area contributed by atoms with Crippen molar-refractivity contribution >= 4 is 0 Å². The fourth-order valence-corrected chi connectivity index (χ4v) is 3.51. The van der Waals surface area contributed by atoms with E-state index in [0.29, 0.717) is 0 Å². The number of morpholine rings is 1. The topological polar surface area (TPSA) is 21.3 Å². The maximum absolute atomic E-state index is 6.59. The van der Waals surface area contributed by atoms with Crippen LogP contribution in [0.3, 0.4) is 0 Å². The van der Waals surface area contributed by atoms with Gasteiger partial charge < -0.3 is 10.1 Å². The summed E-state index contributed by atoms with van der Waals surface area (Å²) in [5.74, 6) is 0. The molecule has 0 aromatic heterocycles. The molecule has 1 unspecified atom stereocenters. The molecule has 2 heteroatoms. The standard InChI is InChI=1S/C15H29NO/c1-3-4-6-9-14(2)12-16-13-15(17-14)10-7-5-8-11-15/h16H,3-13H2,1-2H3. The van der Waals surface area contributed by atoms with Crippen LogP contribution in [0.2, 0.25) is 0 Å². The van der Waals surface area contributed by atoms with Crippen LogP contribution in [-0.4, -0.2) is 24.3 Å². The molecule has 2 fully saturated rings. The predicted octanol–water partition coefficient (Wildman–Crippen LogP) is 3.65. The summed E-state index contributed by atoms with van der Waals surface area (Å²) in [6.07, 6.45) is 11.8. The van der Waals surface area contributed by atoms with Crippen molar-refractivity contribution in [3.05, 3.63) is 0 Å². The third-order valence-electron chi connectivity index (χ3n) is 4.48. The van der Waals surface area contributed by atoms with Gasteiger partial charge in [-0.1, -0.05) is 45.4 Å². The second kappa shape index (κ2) is 5.71. The Balaban J connectivity index is 1.90. The second-order valence-electron chi connectivity index (χ2n) is 6.36. The van der Waals surface area contributed by atoms with E-state index in [-0.39, 0.29) is 11.2 Å². The maximum Gasteiger partial charge on any atom is 0.0814 e. The Hall–Kier alpha value is -0.0800. The van der Waals surface area contributed by atoms with Gasteiger partial charge in [0.2, 0.25) is 0 Å². The summed E-state index contributed by atoms with van der Waals surface area (Å²) in [5.41, 5.74) is 0.266. The van der Waals surface area contributed by atoms with Crippen molar-refractivity contribution in [2.24, 2.45) is 0 Å². The molecule has 1 saturated heterocycles. The largest absolute Gasteiger partial charge is 0.366 e. The average Bonchev–Trinajstić information content (AvgIpc) is 2.30. The van der Waals surface area contributed by atoms with E-state index in [9.17, 15) is 0 Å². The molecule has 0 aromatic carbocycles. The number of hydrogen-bond acceptors (Lipinski definition) is 2. The summed E-state index contributed by atoms with van der Waals surface area (Å²) in [6, 6.07) is 0. The Labute approximate surface area is 107 Å². The Bertz CT molecular complexity index is 230. The molecular weight excluding hydrogens is 210 g/mol. The maximum atomic E-state index is 6.59. The van der Waals surface area contributed by atoms with Gasteiger partial charge in [0, 0.05) is 13.1 Å². The van der Waals surface area contributed by atoms with E-state index in [4.69, 9.17) is 4.74 Å². The fraction of sp³-hybridized carbons (Fsp3) is 1.00. The van der Waals surface area contributed by atoms with Gasteiger partial charge in [0.1, 0.15) is 0 Å². The van der Waals surface area contributed by atoms with E-state index in [1.54, 1.807) is 0 Å². The minimum absolute atomic E-state index is 0.0881. The van der Waals surface area contributed by atoms with Crippen LogP contribution in [0.15, 0.2) is 0 Å². The second-order valence-corrected chi connectivity index (χ2v) is 6.36. The summed E-state index contributed by atoms with van der Waals surface area (Å²) in [4.78, 5) is 0. The molecule has 0 amide bonds. The number of nitrogens with one attached hydrogen (secondary N) is 1. The normalized spacial score (nSPS) is 32.8. The van der Waals surface area contributed by atoms with Crippen LogP contribution < -0.4 is 5.32 Å². The van der Waals surface area contributed by atoms with Crippen LogP contribution >= 0.6 is 0 Å². The van der Waals surface area contributed by atoms with E-state index >= 15 is 0 Å². The van der Waals surface area contributed by atoms with Gasteiger partial charge >= 0.3 is 0 Å². The van der Waals surface area contributed by atoms with Gasteiger partial charge in [0.05, 0.1) is 11.2 Å². The van der Waals surface area contributed by atoms with Crippen LogP contribution in [0.25, 0.3) is 0 Å². The molecule has 1 atom stereocenters. The highest BCUT2D eigenvalue weighted by Crippen LogP contribution is 2.38. The van der Waals surface area contributed by atoms with Gasteiger partial charge in [0.15, 0.2) is 0 Å². The van der Waals surface area contributed by atoms with Crippen molar-refractivity contribution in [3.8, 4) is 0 Å². The highest BCUT2D eigenvalue weighted by Gasteiger charge is 2.43. The van der Waals surface area contributed by atoms with Crippen molar-refractivity contribution in [1.82, 2.24) is 5.32 Å². The van der Waals surface area contributed by atoms with Crippen molar-refractivity contribution < 1.29 is 4.74 Å². The first-order valence-corrected chi connectivity index (χ1v) is 7.59. The van der Waals surface area contributed by atoms with Gasteiger partial charge in [-0.3, -0.25) is 0 Å².